The molecular formula is C9H11BrN2O2. The van der Waals surface area contributed by atoms with Crippen molar-refractivity contribution in [2.45, 2.75) is 6.54 Å². The lowest BCUT2D eigenvalue weighted by Gasteiger charge is -2.06. The maximum atomic E-state index is 10.5. The Morgan fingerprint density at radius 3 is 2.79 bits per heavy atom. The zero-order chi connectivity index (χ0) is 10.6. The summed E-state index contributed by atoms with van der Waals surface area (Å²) in [7, 11) is 0. The second-order valence-electron chi connectivity index (χ2n) is 2.71. The summed E-state index contributed by atoms with van der Waals surface area (Å²) in [5, 5.41) is 0. The van der Waals surface area contributed by atoms with Gasteiger partial charge in [0.05, 0.1) is 0 Å². The molecule has 0 aliphatic carbocycles. The summed E-state index contributed by atoms with van der Waals surface area (Å²) in [5.41, 5.74) is 11.4. The first-order chi connectivity index (χ1) is 6.63. The number of hydrogen-bond donors (Lipinski definition) is 2. The highest BCUT2D eigenvalue weighted by Gasteiger charge is 2.01. The summed E-state index contributed by atoms with van der Waals surface area (Å²) < 4.78 is 6.04. The highest BCUT2D eigenvalue weighted by molar-refractivity contribution is 9.10. The summed E-state index contributed by atoms with van der Waals surface area (Å²) in [5.74, 6) is 0.0923. The molecule has 0 heterocycles. The van der Waals surface area contributed by atoms with Crippen molar-refractivity contribution in [1.82, 2.24) is 0 Å². The fourth-order valence-electron chi connectivity index (χ4n) is 0.952. The Hall–Kier alpha value is -1.07. The van der Waals surface area contributed by atoms with Crippen LogP contribution in [0.1, 0.15) is 5.56 Å². The highest BCUT2D eigenvalue weighted by atomic mass is 79.9. The number of rotatable bonds is 4. The third kappa shape index (κ3) is 3.01. The van der Waals surface area contributed by atoms with Gasteiger partial charge in [-0.25, -0.2) is 0 Å². The van der Waals surface area contributed by atoms with Crippen molar-refractivity contribution in [3.8, 4) is 5.75 Å². The molecule has 0 spiro atoms. The second-order valence-corrected chi connectivity index (χ2v) is 3.57. The SMILES string of the molecule is NCc1cc(OCC(N)=O)ccc1Br. The number of halogens is 1. The lowest BCUT2D eigenvalue weighted by molar-refractivity contribution is -0.119. The number of primary amides is 1. The molecule has 0 unspecified atom stereocenters. The molecule has 0 aliphatic heterocycles. The van der Waals surface area contributed by atoms with E-state index in [-0.39, 0.29) is 6.61 Å². The average Bonchev–Trinajstić information content (AvgIpc) is 2.16. The molecule has 76 valence electrons. The van der Waals surface area contributed by atoms with E-state index in [0.717, 1.165) is 10.0 Å². The van der Waals surface area contributed by atoms with Crippen LogP contribution in [0, 0.1) is 0 Å². The molecule has 1 aromatic rings. The molecule has 0 aliphatic rings. The monoisotopic (exact) mass is 258 g/mol. The zero-order valence-corrected chi connectivity index (χ0v) is 9.08. The third-order valence-electron chi connectivity index (χ3n) is 1.62. The fourth-order valence-corrected chi connectivity index (χ4v) is 1.36. The van der Waals surface area contributed by atoms with Crippen molar-refractivity contribution in [2.75, 3.05) is 6.61 Å². The van der Waals surface area contributed by atoms with E-state index >= 15 is 0 Å². The molecule has 0 saturated heterocycles. The Kier molecular flexibility index (Phi) is 3.91. The van der Waals surface area contributed by atoms with Gasteiger partial charge in [-0.05, 0) is 23.8 Å². The lowest BCUT2D eigenvalue weighted by Crippen LogP contribution is -2.20. The molecule has 0 fully saturated rings. The molecule has 1 aromatic carbocycles. The van der Waals surface area contributed by atoms with Crippen LogP contribution in [-0.2, 0) is 11.3 Å². The van der Waals surface area contributed by atoms with Crippen LogP contribution in [0.25, 0.3) is 0 Å². The number of carbonyl (C=O) groups excluding carboxylic acids is 1. The highest BCUT2D eigenvalue weighted by Crippen LogP contribution is 2.21. The van der Waals surface area contributed by atoms with Crippen molar-refractivity contribution in [3.63, 3.8) is 0 Å². The van der Waals surface area contributed by atoms with Crippen LogP contribution in [0.2, 0.25) is 0 Å². The van der Waals surface area contributed by atoms with Crippen LogP contribution >= 0.6 is 15.9 Å². The van der Waals surface area contributed by atoms with E-state index in [2.05, 4.69) is 15.9 Å². The maximum absolute atomic E-state index is 10.5. The van der Waals surface area contributed by atoms with Crippen LogP contribution in [0.4, 0.5) is 0 Å². The molecule has 0 atom stereocenters. The largest absolute Gasteiger partial charge is 0.484 e. The summed E-state index contributed by atoms with van der Waals surface area (Å²) in [4.78, 5) is 10.5. The van der Waals surface area contributed by atoms with Crippen LogP contribution in [0.15, 0.2) is 22.7 Å². The molecule has 14 heavy (non-hydrogen) atoms. The Morgan fingerprint density at radius 2 is 2.21 bits per heavy atom. The Labute approximate surface area is 90.3 Å². The van der Waals surface area contributed by atoms with E-state index in [1.165, 1.54) is 0 Å². The van der Waals surface area contributed by atoms with Gasteiger partial charge in [-0.2, -0.15) is 0 Å². The van der Waals surface area contributed by atoms with Crippen molar-refractivity contribution in [1.29, 1.82) is 0 Å². The normalized spacial score (nSPS) is 9.86. The first kappa shape index (κ1) is 11.0. The number of amides is 1. The van der Waals surface area contributed by atoms with Crippen molar-refractivity contribution in [3.05, 3.63) is 28.2 Å². The van der Waals surface area contributed by atoms with Gasteiger partial charge < -0.3 is 16.2 Å². The summed E-state index contributed by atoms with van der Waals surface area (Å²) in [6, 6.07) is 5.33. The van der Waals surface area contributed by atoms with Gasteiger partial charge >= 0.3 is 0 Å². The van der Waals surface area contributed by atoms with Crippen LogP contribution in [0.5, 0.6) is 5.75 Å². The van der Waals surface area contributed by atoms with Gasteiger partial charge in [0.15, 0.2) is 6.61 Å². The quantitative estimate of drug-likeness (QED) is 0.838. The Balaban J connectivity index is 2.74. The lowest BCUT2D eigenvalue weighted by atomic mass is 10.2. The maximum Gasteiger partial charge on any atom is 0.255 e. The predicted octanol–water partition coefficient (Wildman–Crippen LogP) is 0.772. The Morgan fingerprint density at radius 1 is 1.50 bits per heavy atom. The number of hydrogen-bond acceptors (Lipinski definition) is 3. The fraction of sp³-hybridized carbons (Fsp3) is 0.222. The molecule has 0 saturated carbocycles. The van der Waals surface area contributed by atoms with Gasteiger partial charge in [-0.15, -0.1) is 0 Å². The van der Waals surface area contributed by atoms with E-state index < -0.39 is 5.91 Å². The van der Waals surface area contributed by atoms with Crippen LogP contribution in [-0.4, -0.2) is 12.5 Å². The van der Waals surface area contributed by atoms with Gasteiger partial charge in [0.2, 0.25) is 0 Å². The van der Waals surface area contributed by atoms with E-state index in [1.54, 1.807) is 12.1 Å². The Bertz CT molecular complexity index is 342. The van der Waals surface area contributed by atoms with Gasteiger partial charge in [0.25, 0.3) is 5.91 Å². The molecular weight excluding hydrogens is 248 g/mol. The molecule has 0 radical (unpaired) electrons. The minimum atomic E-state index is -0.498. The number of benzene rings is 1. The smallest absolute Gasteiger partial charge is 0.255 e. The van der Waals surface area contributed by atoms with Gasteiger partial charge in [0, 0.05) is 11.0 Å². The van der Waals surface area contributed by atoms with Gasteiger partial charge in [-0.3, -0.25) is 4.79 Å². The minimum Gasteiger partial charge on any atom is -0.484 e. The van der Waals surface area contributed by atoms with Gasteiger partial charge in [0.1, 0.15) is 5.75 Å². The molecule has 1 amide bonds. The average molecular weight is 259 g/mol. The summed E-state index contributed by atoms with van der Waals surface area (Å²) >= 11 is 3.34. The van der Waals surface area contributed by atoms with Crippen molar-refractivity contribution in [2.24, 2.45) is 11.5 Å². The third-order valence-corrected chi connectivity index (χ3v) is 2.39. The first-order valence-electron chi connectivity index (χ1n) is 4.03. The van der Waals surface area contributed by atoms with E-state index in [4.69, 9.17) is 16.2 Å². The number of nitrogens with two attached hydrogens (primary N) is 2. The standard InChI is InChI=1S/C9H11BrN2O2/c10-8-2-1-7(3-6(8)4-11)14-5-9(12)13/h1-3H,4-5,11H2,(H2,12,13). The summed E-state index contributed by atoms with van der Waals surface area (Å²) in [6.45, 7) is 0.292. The minimum absolute atomic E-state index is 0.119. The van der Waals surface area contributed by atoms with Crippen LogP contribution < -0.4 is 16.2 Å². The molecule has 5 heteroatoms. The van der Waals surface area contributed by atoms with E-state index in [0.29, 0.717) is 12.3 Å². The first-order valence-corrected chi connectivity index (χ1v) is 4.82. The number of carbonyl (C=O) groups is 1. The molecule has 0 aromatic heterocycles. The van der Waals surface area contributed by atoms with Gasteiger partial charge in [-0.1, -0.05) is 15.9 Å². The summed E-state index contributed by atoms with van der Waals surface area (Å²) in [6.07, 6.45) is 0. The van der Waals surface area contributed by atoms with Crippen molar-refractivity contribution < 1.29 is 9.53 Å². The number of ether oxygens (including phenoxy) is 1. The molecule has 0 bridgehead atoms. The zero-order valence-electron chi connectivity index (χ0n) is 7.50. The molecule has 4 nitrogen and oxygen atoms in total. The molecule has 1 rings (SSSR count). The topological polar surface area (TPSA) is 78.3 Å². The van der Waals surface area contributed by atoms with Crippen LogP contribution in [0.3, 0.4) is 0 Å². The van der Waals surface area contributed by atoms with E-state index in [1.807, 2.05) is 6.07 Å². The molecule has 4 N–H and O–H groups in total. The van der Waals surface area contributed by atoms with E-state index in [9.17, 15) is 4.79 Å². The second kappa shape index (κ2) is 4.97. The van der Waals surface area contributed by atoms with Crippen molar-refractivity contribution >= 4 is 21.8 Å². The predicted molar refractivity (Wildman–Crippen MR) is 56.7 cm³/mol.